The van der Waals surface area contributed by atoms with E-state index in [1.54, 1.807) is 30.2 Å². The molecule has 1 aliphatic rings. The Morgan fingerprint density at radius 3 is 2.45 bits per heavy atom. The molecule has 0 spiro atoms. The maximum absolute atomic E-state index is 13.7. The average molecular weight is 583 g/mol. The van der Waals surface area contributed by atoms with Crippen molar-refractivity contribution >= 4 is 48.7 Å². The normalized spacial score (nSPS) is 14.4. The van der Waals surface area contributed by atoms with E-state index in [-0.39, 0.29) is 50.1 Å². The number of furan rings is 1. The fourth-order valence-electron chi connectivity index (χ4n) is 4.48. The van der Waals surface area contributed by atoms with Crippen molar-refractivity contribution in [2.75, 3.05) is 37.7 Å². The summed E-state index contributed by atoms with van der Waals surface area (Å²) < 4.78 is 39.4. The number of aryl methyl sites for hydroxylation is 1. The SMILES string of the molecule is CCOC(=O)N1CCN(S(=O)(=O)c2ccc(C(=O)N(Cc3ccco3)c3nc4ccc(CC)cc4s3)cc2)CC1. The van der Waals surface area contributed by atoms with Gasteiger partial charge in [-0.3, -0.25) is 9.69 Å². The van der Waals surface area contributed by atoms with Gasteiger partial charge in [-0.2, -0.15) is 4.31 Å². The molecular weight excluding hydrogens is 552 g/mol. The number of fused-ring (bicyclic) bond motifs is 1. The molecule has 0 atom stereocenters. The number of rotatable bonds is 8. The van der Waals surface area contributed by atoms with Crippen LogP contribution in [0.3, 0.4) is 0 Å². The molecular formula is C28H30N4O6S2. The second kappa shape index (κ2) is 11.8. The van der Waals surface area contributed by atoms with Crippen LogP contribution in [0, 0.1) is 0 Å². The number of amides is 2. The third kappa shape index (κ3) is 5.74. The monoisotopic (exact) mass is 582 g/mol. The summed E-state index contributed by atoms with van der Waals surface area (Å²) in [7, 11) is -3.80. The van der Waals surface area contributed by atoms with Crippen LogP contribution in [0.4, 0.5) is 9.93 Å². The minimum absolute atomic E-state index is 0.0818. The molecule has 0 saturated carbocycles. The van der Waals surface area contributed by atoms with Crippen LogP contribution in [0.2, 0.25) is 0 Å². The first-order valence-electron chi connectivity index (χ1n) is 13.1. The highest BCUT2D eigenvalue weighted by Crippen LogP contribution is 2.32. The Morgan fingerprint density at radius 2 is 1.80 bits per heavy atom. The third-order valence-corrected chi connectivity index (χ3v) is 9.68. The minimum atomic E-state index is -3.80. The maximum atomic E-state index is 13.7. The van der Waals surface area contributed by atoms with Gasteiger partial charge < -0.3 is 14.1 Å². The highest BCUT2D eigenvalue weighted by atomic mass is 32.2. The topological polar surface area (TPSA) is 113 Å². The van der Waals surface area contributed by atoms with Gasteiger partial charge in [0.2, 0.25) is 10.0 Å². The molecule has 5 rings (SSSR count). The van der Waals surface area contributed by atoms with Crippen molar-refractivity contribution in [3.05, 3.63) is 77.7 Å². The molecule has 2 aromatic heterocycles. The molecule has 12 heteroatoms. The summed E-state index contributed by atoms with van der Waals surface area (Å²) in [6.07, 6.45) is 2.00. The summed E-state index contributed by atoms with van der Waals surface area (Å²) in [6, 6.07) is 15.5. The zero-order valence-corrected chi connectivity index (χ0v) is 23.9. The van der Waals surface area contributed by atoms with E-state index in [9.17, 15) is 18.0 Å². The Hall–Kier alpha value is -3.74. The summed E-state index contributed by atoms with van der Waals surface area (Å²) in [5, 5.41) is 0.529. The van der Waals surface area contributed by atoms with E-state index in [2.05, 4.69) is 13.0 Å². The third-order valence-electron chi connectivity index (χ3n) is 6.72. The molecule has 0 radical (unpaired) electrons. The van der Waals surface area contributed by atoms with Crippen molar-refractivity contribution in [3.63, 3.8) is 0 Å². The van der Waals surface area contributed by atoms with Crippen LogP contribution in [0.15, 0.2) is 70.2 Å². The molecule has 0 unspecified atom stereocenters. The molecule has 0 aliphatic carbocycles. The molecule has 210 valence electrons. The summed E-state index contributed by atoms with van der Waals surface area (Å²) in [5.41, 5.74) is 2.32. The van der Waals surface area contributed by atoms with Gasteiger partial charge in [0.05, 0.1) is 34.5 Å². The van der Waals surface area contributed by atoms with Crippen molar-refractivity contribution in [1.29, 1.82) is 0 Å². The lowest BCUT2D eigenvalue weighted by Crippen LogP contribution is -2.50. The van der Waals surface area contributed by atoms with Gasteiger partial charge in [-0.1, -0.05) is 24.3 Å². The Bertz CT molecular complexity index is 1590. The predicted molar refractivity (Wildman–Crippen MR) is 152 cm³/mol. The van der Waals surface area contributed by atoms with Gasteiger partial charge >= 0.3 is 6.09 Å². The zero-order valence-electron chi connectivity index (χ0n) is 22.3. The van der Waals surface area contributed by atoms with Crippen LogP contribution in [0.25, 0.3) is 10.2 Å². The van der Waals surface area contributed by atoms with Gasteiger partial charge in [0.1, 0.15) is 5.76 Å². The lowest BCUT2D eigenvalue weighted by Gasteiger charge is -2.33. The summed E-state index contributed by atoms with van der Waals surface area (Å²) >= 11 is 1.42. The highest BCUT2D eigenvalue weighted by molar-refractivity contribution is 7.89. The first-order chi connectivity index (χ1) is 19.3. The maximum Gasteiger partial charge on any atom is 0.409 e. The van der Waals surface area contributed by atoms with E-state index < -0.39 is 16.1 Å². The van der Waals surface area contributed by atoms with Crippen LogP contribution in [0.1, 0.15) is 35.5 Å². The van der Waals surface area contributed by atoms with Gasteiger partial charge in [0.25, 0.3) is 5.91 Å². The van der Waals surface area contributed by atoms with Crippen molar-refractivity contribution in [2.45, 2.75) is 31.7 Å². The Balaban J connectivity index is 1.36. The fourth-order valence-corrected chi connectivity index (χ4v) is 6.93. The molecule has 2 aromatic carbocycles. The Morgan fingerprint density at radius 1 is 1.05 bits per heavy atom. The first-order valence-corrected chi connectivity index (χ1v) is 15.3. The van der Waals surface area contributed by atoms with E-state index in [4.69, 9.17) is 14.1 Å². The van der Waals surface area contributed by atoms with Crippen molar-refractivity contribution in [1.82, 2.24) is 14.2 Å². The number of aromatic nitrogens is 1. The number of piperazine rings is 1. The largest absolute Gasteiger partial charge is 0.467 e. The molecule has 1 fully saturated rings. The van der Waals surface area contributed by atoms with Crippen molar-refractivity contribution in [2.24, 2.45) is 0 Å². The van der Waals surface area contributed by atoms with Gasteiger partial charge in [0.15, 0.2) is 5.13 Å². The predicted octanol–water partition coefficient (Wildman–Crippen LogP) is 4.76. The molecule has 0 bridgehead atoms. The highest BCUT2D eigenvalue weighted by Gasteiger charge is 2.31. The number of hydrogen-bond donors (Lipinski definition) is 0. The second-order valence-corrected chi connectivity index (χ2v) is 12.2. The van der Waals surface area contributed by atoms with Crippen molar-refractivity contribution in [3.8, 4) is 0 Å². The number of carbonyl (C=O) groups is 2. The number of sulfonamides is 1. The van der Waals surface area contributed by atoms with E-state index in [0.717, 1.165) is 16.6 Å². The number of carbonyl (C=O) groups excluding carboxylic acids is 2. The number of thiazole rings is 1. The molecule has 1 saturated heterocycles. The van der Waals surface area contributed by atoms with Crippen LogP contribution in [0.5, 0.6) is 0 Å². The van der Waals surface area contributed by atoms with E-state index in [0.29, 0.717) is 16.5 Å². The van der Waals surface area contributed by atoms with Gasteiger partial charge in [0, 0.05) is 31.7 Å². The van der Waals surface area contributed by atoms with Crippen LogP contribution >= 0.6 is 11.3 Å². The molecule has 1 aliphatic heterocycles. The molecule has 4 aromatic rings. The van der Waals surface area contributed by atoms with Crippen LogP contribution < -0.4 is 4.90 Å². The number of ether oxygens (including phenoxy) is 1. The van der Waals surface area contributed by atoms with Gasteiger partial charge in [-0.15, -0.1) is 0 Å². The fraction of sp³-hybridized carbons (Fsp3) is 0.321. The molecule has 40 heavy (non-hydrogen) atoms. The lowest BCUT2D eigenvalue weighted by atomic mass is 10.2. The van der Waals surface area contributed by atoms with E-state index in [1.807, 2.05) is 12.1 Å². The number of anilines is 1. The molecule has 2 amide bonds. The first kappa shape index (κ1) is 27.8. The van der Waals surface area contributed by atoms with E-state index >= 15 is 0 Å². The average Bonchev–Trinajstić information content (AvgIpc) is 3.65. The van der Waals surface area contributed by atoms with Gasteiger partial charge in [-0.25, -0.2) is 18.2 Å². The Kier molecular flexibility index (Phi) is 8.19. The van der Waals surface area contributed by atoms with E-state index in [1.165, 1.54) is 50.4 Å². The van der Waals surface area contributed by atoms with Gasteiger partial charge in [-0.05, 0) is 67.4 Å². The summed E-state index contributed by atoms with van der Waals surface area (Å²) in [6.45, 7) is 5.08. The van der Waals surface area contributed by atoms with Crippen molar-refractivity contribution < 1.29 is 27.2 Å². The second-order valence-electron chi connectivity index (χ2n) is 9.24. The minimum Gasteiger partial charge on any atom is -0.467 e. The standard InChI is InChI=1S/C28H30N4O6S2/c1-3-20-7-12-24-25(18-20)39-27(29-24)32(19-22-6-5-17-38-22)26(33)21-8-10-23(11-9-21)40(35,36)31-15-13-30(14-16-31)28(34)37-4-2/h5-12,17-18H,3-4,13-16,19H2,1-2H3. The quantitative estimate of drug-likeness (QED) is 0.294. The number of nitrogens with zero attached hydrogens (tertiary/aromatic N) is 4. The van der Waals surface area contributed by atoms with Crippen LogP contribution in [-0.2, 0) is 27.7 Å². The summed E-state index contributed by atoms with van der Waals surface area (Å²) in [4.78, 5) is 33.5. The Labute approximate surface area is 236 Å². The molecule has 0 N–H and O–H groups in total. The van der Waals surface area contributed by atoms with Crippen LogP contribution in [-0.4, -0.2) is 67.4 Å². The lowest BCUT2D eigenvalue weighted by molar-refractivity contribution is 0.0933. The number of benzene rings is 2. The smallest absolute Gasteiger partial charge is 0.409 e. The number of hydrogen-bond acceptors (Lipinski definition) is 8. The zero-order chi connectivity index (χ0) is 28.3. The molecule has 3 heterocycles. The molecule has 10 nitrogen and oxygen atoms in total. The summed E-state index contributed by atoms with van der Waals surface area (Å²) in [5.74, 6) is 0.279.